The summed E-state index contributed by atoms with van der Waals surface area (Å²) in [6.07, 6.45) is 23.0. The van der Waals surface area contributed by atoms with Crippen LogP contribution in [0.25, 0.3) is 0 Å². The van der Waals surface area contributed by atoms with Crippen LogP contribution in [0.5, 0.6) is 0 Å². The Balaban J connectivity index is 2.55. The standard InChI is InChI=1S/C12H14/c1-2-4-6-8-10-12-11-9-7-5-3-1/h1-6,9-12H,7-8H2/b2-1+,5-3-,6-4+,11-9-,12-10+. The Morgan fingerprint density at radius 3 is 1.17 bits per heavy atom. The van der Waals surface area contributed by atoms with Gasteiger partial charge in [-0.2, -0.15) is 0 Å². The van der Waals surface area contributed by atoms with E-state index < -0.39 is 0 Å². The summed E-state index contributed by atoms with van der Waals surface area (Å²) in [7, 11) is 0. The molecule has 0 fully saturated rings. The first kappa shape index (κ1) is 8.79. The highest BCUT2D eigenvalue weighted by Crippen LogP contribution is 1.93. The van der Waals surface area contributed by atoms with Gasteiger partial charge in [-0.25, -0.2) is 0 Å². The van der Waals surface area contributed by atoms with E-state index in [0.29, 0.717) is 0 Å². The third kappa shape index (κ3) is 4.51. The third-order valence-electron chi connectivity index (χ3n) is 1.53. The first-order valence-electron chi connectivity index (χ1n) is 4.30. The first-order valence-corrected chi connectivity index (χ1v) is 4.30. The van der Waals surface area contributed by atoms with Crippen molar-refractivity contribution in [3.05, 3.63) is 60.8 Å². The zero-order chi connectivity index (χ0) is 8.49. The van der Waals surface area contributed by atoms with E-state index in [2.05, 4.69) is 60.8 Å². The van der Waals surface area contributed by atoms with Crippen LogP contribution in [0.4, 0.5) is 0 Å². The summed E-state index contributed by atoms with van der Waals surface area (Å²) in [5.41, 5.74) is 0. The number of hydrogen-bond acceptors (Lipinski definition) is 0. The zero-order valence-corrected chi connectivity index (χ0v) is 7.19. The summed E-state index contributed by atoms with van der Waals surface area (Å²) < 4.78 is 0. The number of allylic oxidation sites excluding steroid dienone is 10. The fraction of sp³-hybridized carbons (Fsp3) is 0.167. The second-order valence-corrected chi connectivity index (χ2v) is 2.57. The smallest absolute Gasteiger partial charge is 0.0163 e. The second-order valence-electron chi connectivity index (χ2n) is 2.57. The molecule has 0 spiro atoms. The van der Waals surface area contributed by atoms with Crippen molar-refractivity contribution in [2.75, 3.05) is 0 Å². The molecule has 0 heterocycles. The van der Waals surface area contributed by atoms with E-state index >= 15 is 0 Å². The fourth-order valence-electron chi connectivity index (χ4n) is 0.914. The molecular weight excluding hydrogens is 144 g/mol. The van der Waals surface area contributed by atoms with Crippen molar-refractivity contribution in [1.29, 1.82) is 0 Å². The van der Waals surface area contributed by atoms with E-state index in [9.17, 15) is 0 Å². The minimum atomic E-state index is 1.01. The molecule has 0 aliphatic heterocycles. The molecule has 0 aromatic heterocycles. The van der Waals surface area contributed by atoms with Gasteiger partial charge in [0.2, 0.25) is 0 Å². The maximum Gasteiger partial charge on any atom is -0.0163 e. The van der Waals surface area contributed by atoms with Crippen LogP contribution in [0.2, 0.25) is 0 Å². The number of hydrogen-bond donors (Lipinski definition) is 0. The Morgan fingerprint density at radius 1 is 0.417 bits per heavy atom. The van der Waals surface area contributed by atoms with E-state index in [1.165, 1.54) is 0 Å². The molecule has 0 heteroatoms. The third-order valence-corrected chi connectivity index (χ3v) is 1.53. The van der Waals surface area contributed by atoms with Crippen molar-refractivity contribution in [1.82, 2.24) is 0 Å². The lowest BCUT2D eigenvalue weighted by atomic mass is 10.2. The summed E-state index contributed by atoms with van der Waals surface area (Å²) in [5, 5.41) is 0. The minimum Gasteiger partial charge on any atom is -0.0808 e. The van der Waals surface area contributed by atoms with E-state index in [1.807, 2.05) is 0 Å². The van der Waals surface area contributed by atoms with Gasteiger partial charge in [0.15, 0.2) is 0 Å². The molecule has 1 aliphatic carbocycles. The molecule has 0 amide bonds. The molecule has 12 heavy (non-hydrogen) atoms. The molecule has 0 aromatic carbocycles. The quantitative estimate of drug-likeness (QED) is 0.505. The van der Waals surface area contributed by atoms with Crippen molar-refractivity contribution in [2.24, 2.45) is 0 Å². The largest absolute Gasteiger partial charge is 0.0808 e. The van der Waals surface area contributed by atoms with E-state index in [4.69, 9.17) is 0 Å². The lowest BCUT2D eigenvalue weighted by Crippen LogP contribution is -1.61. The van der Waals surface area contributed by atoms with Crippen molar-refractivity contribution >= 4 is 0 Å². The van der Waals surface area contributed by atoms with Crippen LogP contribution in [0.15, 0.2) is 60.8 Å². The minimum absolute atomic E-state index is 1.01. The zero-order valence-electron chi connectivity index (χ0n) is 7.19. The molecule has 0 saturated carbocycles. The Labute approximate surface area is 74.3 Å². The molecule has 62 valence electrons. The van der Waals surface area contributed by atoms with Crippen LogP contribution in [0, 0.1) is 0 Å². The Kier molecular flexibility index (Phi) is 4.70. The molecule has 0 saturated heterocycles. The van der Waals surface area contributed by atoms with E-state index in [-0.39, 0.29) is 0 Å². The molecule has 0 N–H and O–H groups in total. The molecular formula is C12H14. The second kappa shape index (κ2) is 6.41. The average molecular weight is 158 g/mol. The summed E-state index contributed by atoms with van der Waals surface area (Å²) in [6, 6.07) is 0. The number of rotatable bonds is 0. The van der Waals surface area contributed by atoms with Gasteiger partial charge in [-0.3, -0.25) is 0 Å². The maximum absolute atomic E-state index is 2.14. The summed E-state index contributed by atoms with van der Waals surface area (Å²) in [5.74, 6) is 0. The van der Waals surface area contributed by atoms with Crippen LogP contribution in [-0.4, -0.2) is 0 Å². The summed E-state index contributed by atoms with van der Waals surface area (Å²) in [4.78, 5) is 0. The van der Waals surface area contributed by atoms with Gasteiger partial charge >= 0.3 is 0 Å². The molecule has 0 aromatic rings. The van der Waals surface area contributed by atoms with E-state index in [1.54, 1.807) is 0 Å². The first-order chi connectivity index (χ1) is 6.00. The fourth-order valence-corrected chi connectivity index (χ4v) is 0.914. The van der Waals surface area contributed by atoms with Gasteiger partial charge in [-0.05, 0) is 12.8 Å². The molecule has 1 aliphatic rings. The highest BCUT2D eigenvalue weighted by molar-refractivity contribution is 5.15. The van der Waals surface area contributed by atoms with Gasteiger partial charge in [-0.1, -0.05) is 60.8 Å². The van der Waals surface area contributed by atoms with Crippen LogP contribution in [0.1, 0.15) is 12.8 Å². The van der Waals surface area contributed by atoms with Gasteiger partial charge in [-0.15, -0.1) is 0 Å². The predicted molar refractivity (Wildman–Crippen MR) is 54.9 cm³/mol. The van der Waals surface area contributed by atoms with Crippen molar-refractivity contribution in [3.8, 4) is 0 Å². The molecule has 0 unspecified atom stereocenters. The van der Waals surface area contributed by atoms with Gasteiger partial charge in [0.1, 0.15) is 0 Å². The molecule has 1 rings (SSSR count). The lowest BCUT2D eigenvalue weighted by molar-refractivity contribution is 1.37. The monoisotopic (exact) mass is 158 g/mol. The lowest BCUT2D eigenvalue weighted by Gasteiger charge is -1.82. The summed E-state index contributed by atoms with van der Waals surface area (Å²) >= 11 is 0. The Bertz CT molecular complexity index is 211. The van der Waals surface area contributed by atoms with Crippen LogP contribution in [-0.2, 0) is 0 Å². The van der Waals surface area contributed by atoms with Crippen molar-refractivity contribution in [3.63, 3.8) is 0 Å². The highest BCUT2D eigenvalue weighted by atomic mass is 13.8. The van der Waals surface area contributed by atoms with Crippen molar-refractivity contribution in [2.45, 2.75) is 12.8 Å². The van der Waals surface area contributed by atoms with Crippen LogP contribution >= 0.6 is 0 Å². The van der Waals surface area contributed by atoms with E-state index in [0.717, 1.165) is 12.8 Å². The Hall–Kier alpha value is -1.30. The van der Waals surface area contributed by atoms with Crippen LogP contribution in [0.3, 0.4) is 0 Å². The molecule has 0 nitrogen and oxygen atoms in total. The SMILES string of the molecule is C1=C\C/C=C\C=C\C/C=C/C=C/1. The normalized spacial score (nSPS) is 30.7. The topological polar surface area (TPSA) is 0 Å². The highest BCUT2D eigenvalue weighted by Gasteiger charge is 1.71. The molecule has 0 atom stereocenters. The van der Waals surface area contributed by atoms with Crippen LogP contribution < -0.4 is 0 Å². The average Bonchev–Trinajstić information content (AvgIpc) is 2.05. The van der Waals surface area contributed by atoms with Gasteiger partial charge in [0.05, 0.1) is 0 Å². The maximum atomic E-state index is 2.14. The Morgan fingerprint density at radius 2 is 0.750 bits per heavy atom. The molecule has 0 bridgehead atoms. The summed E-state index contributed by atoms with van der Waals surface area (Å²) in [6.45, 7) is 0. The van der Waals surface area contributed by atoms with Gasteiger partial charge in [0.25, 0.3) is 0 Å². The van der Waals surface area contributed by atoms with Gasteiger partial charge < -0.3 is 0 Å². The van der Waals surface area contributed by atoms with Crippen molar-refractivity contribution < 1.29 is 0 Å². The molecule has 0 radical (unpaired) electrons. The predicted octanol–water partition coefficient (Wildman–Crippen LogP) is 3.56. The van der Waals surface area contributed by atoms with Gasteiger partial charge in [0, 0.05) is 0 Å².